The number of nitrogens with zero attached hydrogens (tertiary/aromatic N) is 3. The Kier molecular flexibility index (Phi) is 6.60. The molecule has 4 rings (SSSR count). The van der Waals surface area contributed by atoms with E-state index in [-0.39, 0.29) is 22.7 Å². The summed E-state index contributed by atoms with van der Waals surface area (Å²) in [6.45, 7) is 0. The van der Waals surface area contributed by atoms with Crippen LogP contribution in [0.3, 0.4) is 0 Å². The monoisotopic (exact) mass is 502 g/mol. The number of carbonyl (C=O) groups is 1. The molecule has 0 saturated carbocycles. The van der Waals surface area contributed by atoms with Crippen LogP contribution in [-0.4, -0.2) is 48.9 Å². The molecule has 0 aliphatic carbocycles. The summed E-state index contributed by atoms with van der Waals surface area (Å²) in [5.74, 6) is 0.757. The van der Waals surface area contributed by atoms with Gasteiger partial charge in [-0.1, -0.05) is 0 Å². The number of methoxy groups -OCH3 is 4. The molecule has 2 aromatic heterocycles. The summed E-state index contributed by atoms with van der Waals surface area (Å²) in [7, 11) is 5.73. The van der Waals surface area contributed by atoms with Crippen LogP contribution in [0.2, 0.25) is 0 Å². The Morgan fingerprint density at radius 1 is 0.861 bits per heavy atom. The van der Waals surface area contributed by atoms with Crippen molar-refractivity contribution in [1.29, 1.82) is 0 Å². The molecular formula is C24H21F3N4O5. The molecular weight excluding hydrogens is 481 g/mol. The van der Waals surface area contributed by atoms with E-state index in [1.165, 1.54) is 46.6 Å². The van der Waals surface area contributed by atoms with E-state index in [9.17, 15) is 18.0 Å². The lowest BCUT2D eigenvalue weighted by Gasteiger charge is -2.12. The second-order valence-electron chi connectivity index (χ2n) is 7.41. The van der Waals surface area contributed by atoms with Gasteiger partial charge in [-0.25, -0.2) is 9.50 Å². The SMILES string of the molecule is COc1ccc(OC)c(NC(=O)c2cc3nc(-c4ccc(OC)c(OC)c4)cc(C(F)(F)F)n3n2)c1. The van der Waals surface area contributed by atoms with Crippen LogP contribution in [0.1, 0.15) is 16.2 Å². The zero-order valence-corrected chi connectivity index (χ0v) is 19.6. The van der Waals surface area contributed by atoms with Crippen LogP contribution >= 0.6 is 0 Å². The van der Waals surface area contributed by atoms with Crippen LogP contribution in [0.25, 0.3) is 16.9 Å². The van der Waals surface area contributed by atoms with Crippen molar-refractivity contribution >= 4 is 17.2 Å². The highest BCUT2D eigenvalue weighted by Crippen LogP contribution is 2.36. The second kappa shape index (κ2) is 9.64. The minimum absolute atomic E-state index is 0.0112. The summed E-state index contributed by atoms with van der Waals surface area (Å²) in [6, 6.07) is 11.4. The third-order valence-corrected chi connectivity index (χ3v) is 5.28. The number of hydrogen-bond donors (Lipinski definition) is 1. The van der Waals surface area contributed by atoms with Crippen molar-refractivity contribution in [3.05, 3.63) is 59.9 Å². The van der Waals surface area contributed by atoms with Crippen LogP contribution in [0, 0.1) is 0 Å². The van der Waals surface area contributed by atoms with E-state index in [0.29, 0.717) is 33.1 Å². The molecule has 0 aliphatic heterocycles. The van der Waals surface area contributed by atoms with E-state index in [4.69, 9.17) is 18.9 Å². The number of aromatic nitrogens is 3. The lowest BCUT2D eigenvalue weighted by Crippen LogP contribution is -2.16. The number of hydrogen-bond acceptors (Lipinski definition) is 7. The molecule has 0 spiro atoms. The minimum Gasteiger partial charge on any atom is -0.497 e. The maximum Gasteiger partial charge on any atom is 0.433 e. The van der Waals surface area contributed by atoms with Crippen molar-refractivity contribution in [1.82, 2.24) is 14.6 Å². The quantitative estimate of drug-likeness (QED) is 0.391. The van der Waals surface area contributed by atoms with Gasteiger partial charge in [0.25, 0.3) is 5.91 Å². The number of rotatable bonds is 7. The highest BCUT2D eigenvalue weighted by molar-refractivity contribution is 6.04. The first-order valence-electron chi connectivity index (χ1n) is 10.4. The molecule has 0 radical (unpaired) electrons. The molecule has 0 bridgehead atoms. The predicted octanol–water partition coefficient (Wildman–Crippen LogP) is 4.70. The zero-order chi connectivity index (χ0) is 26.0. The van der Waals surface area contributed by atoms with Gasteiger partial charge < -0.3 is 24.3 Å². The van der Waals surface area contributed by atoms with Crippen molar-refractivity contribution in [3.63, 3.8) is 0 Å². The number of benzene rings is 2. The van der Waals surface area contributed by atoms with E-state index in [1.807, 2.05) is 0 Å². The number of halogens is 3. The fourth-order valence-electron chi connectivity index (χ4n) is 3.53. The molecule has 2 heterocycles. The highest BCUT2D eigenvalue weighted by atomic mass is 19.4. The Labute approximate surface area is 203 Å². The van der Waals surface area contributed by atoms with Gasteiger partial charge in [0.2, 0.25) is 0 Å². The van der Waals surface area contributed by atoms with Crippen LogP contribution in [0.4, 0.5) is 18.9 Å². The third kappa shape index (κ3) is 4.69. The van der Waals surface area contributed by atoms with E-state index >= 15 is 0 Å². The van der Waals surface area contributed by atoms with Gasteiger partial charge in [0.05, 0.1) is 39.8 Å². The maximum atomic E-state index is 14.0. The average Bonchev–Trinajstić information content (AvgIpc) is 3.31. The van der Waals surface area contributed by atoms with E-state index in [0.717, 1.165) is 6.07 Å². The predicted molar refractivity (Wildman–Crippen MR) is 124 cm³/mol. The summed E-state index contributed by atoms with van der Waals surface area (Å²) in [5, 5.41) is 6.46. The molecule has 188 valence electrons. The van der Waals surface area contributed by atoms with Crippen molar-refractivity contribution in [2.45, 2.75) is 6.18 Å². The van der Waals surface area contributed by atoms with Crippen LogP contribution in [0.15, 0.2) is 48.5 Å². The molecule has 4 aromatic rings. The number of fused-ring (bicyclic) bond motifs is 1. The first-order chi connectivity index (χ1) is 17.2. The lowest BCUT2D eigenvalue weighted by atomic mass is 10.1. The molecule has 1 amide bonds. The number of amides is 1. The van der Waals surface area contributed by atoms with Crippen molar-refractivity contribution in [2.24, 2.45) is 0 Å². The fraction of sp³-hybridized carbons (Fsp3) is 0.208. The standard InChI is InChI=1S/C24H21F3N4O5/c1-33-14-6-8-18(34-2)16(10-14)29-23(32)17-12-22-28-15(11-21(24(25,26)27)31(22)30-17)13-5-7-19(35-3)20(9-13)36-4/h5-12H,1-4H3,(H,29,32). The van der Waals surface area contributed by atoms with Gasteiger partial charge in [0.1, 0.15) is 11.5 Å². The topological polar surface area (TPSA) is 96.2 Å². The number of carbonyl (C=O) groups excluding carboxylic acids is 1. The highest BCUT2D eigenvalue weighted by Gasteiger charge is 2.36. The van der Waals surface area contributed by atoms with Crippen molar-refractivity contribution in [3.8, 4) is 34.3 Å². The lowest BCUT2D eigenvalue weighted by molar-refractivity contribution is -0.142. The average molecular weight is 502 g/mol. The first kappa shape index (κ1) is 24.6. The molecule has 36 heavy (non-hydrogen) atoms. The normalized spacial score (nSPS) is 11.3. The van der Waals surface area contributed by atoms with Gasteiger partial charge in [-0.3, -0.25) is 4.79 Å². The van der Waals surface area contributed by atoms with Crippen molar-refractivity contribution in [2.75, 3.05) is 33.8 Å². The molecule has 0 unspecified atom stereocenters. The molecule has 0 saturated heterocycles. The smallest absolute Gasteiger partial charge is 0.433 e. The largest absolute Gasteiger partial charge is 0.497 e. The number of alkyl halides is 3. The first-order valence-corrected chi connectivity index (χ1v) is 10.4. The number of nitrogens with one attached hydrogen (secondary N) is 1. The molecule has 2 aromatic carbocycles. The summed E-state index contributed by atoms with van der Waals surface area (Å²) in [5.41, 5.74) is -0.921. The maximum absolute atomic E-state index is 14.0. The Hall–Kier alpha value is -4.48. The zero-order valence-electron chi connectivity index (χ0n) is 19.6. The van der Waals surface area contributed by atoms with E-state index in [2.05, 4.69) is 15.4 Å². The third-order valence-electron chi connectivity index (χ3n) is 5.28. The fourth-order valence-corrected chi connectivity index (χ4v) is 3.53. The number of ether oxygens (including phenoxy) is 4. The molecule has 9 nitrogen and oxygen atoms in total. The van der Waals surface area contributed by atoms with Crippen LogP contribution in [0.5, 0.6) is 23.0 Å². The Morgan fingerprint density at radius 3 is 2.19 bits per heavy atom. The van der Waals surface area contributed by atoms with Crippen LogP contribution < -0.4 is 24.3 Å². The summed E-state index contributed by atoms with van der Waals surface area (Å²) >= 11 is 0. The minimum atomic E-state index is -4.78. The molecule has 0 atom stereocenters. The van der Waals surface area contributed by atoms with Crippen molar-refractivity contribution < 1.29 is 36.9 Å². The summed E-state index contributed by atoms with van der Waals surface area (Å²) < 4.78 is 63.3. The molecule has 12 heteroatoms. The van der Waals surface area contributed by atoms with Gasteiger partial charge in [0, 0.05) is 17.7 Å². The van der Waals surface area contributed by atoms with Gasteiger partial charge in [0.15, 0.2) is 28.5 Å². The van der Waals surface area contributed by atoms with Crippen LogP contribution in [-0.2, 0) is 6.18 Å². The van der Waals surface area contributed by atoms with Gasteiger partial charge in [-0.05, 0) is 36.4 Å². The summed E-state index contributed by atoms with van der Waals surface area (Å²) in [4.78, 5) is 17.2. The van der Waals surface area contributed by atoms with E-state index < -0.39 is 17.8 Å². The Balaban J connectivity index is 1.78. The Morgan fingerprint density at radius 2 is 1.56 bits per heavy atom. The summed E-state index contributed by atoms with van der Waals surface area (Å²) in [6.07, 6.45) is -4.78. The van der Waals surface area contributed by atoms with Gasteiger partial charge >= 0.3 is 6.18 Å². The van der Waals surface area contributed by atoms with Gasteiger partial charge in [-0.15, -0.1) is 0 Å². The Bertz CT molecular complexity index is 1440. The molecule has 1 N–H and O–H groups in total. The molecule has 0 aliphatic rings. The van der Waals surface area contributed by atoms with E-state index in [1.54, 1.807) is 24.3 Å². The van der Waals surface area contributed by atoms with Gasteiger partial charge in [-0.2, -0.15) is 18.3 Å². The number of anilines is 1. The second-order valence-corrected chi connectivity index (χ2v) is 7.41. The molecule has 0 fully saturated rings.